The zero-order valence-corrected chi connectivity index (χ0v) is 11.8. The zero-order chi connectivity index (χ0) is 14.4. The molecule has 4 nitrogen and oxygen atoms in total. The second-order valence-corrected chi connectivity index (χ2v) is 4.60. The lowest BCUT2D eigenvalue weighted by molar-refractivity contribution is 0.0956. The standard InChI is InChI=1S/C16H19N3O/c1-3-17-16(20)14-6-8-15(9-7-14)19-11-13-5-4-12(2)18-10-13/h4-10,19H,3,11H2,1-2H3,(H,17,20). The van der Waals surface area contributed by atoms with Gasteiger partial charge in [-0.3, -0.25) is 9.78 Å². The summed E-state index contributed by atoms with van der Waals surface area (Å²) in [6, 6.07) is 11.5. The molecule has 0 aliphatic rings. The van der Waals surface area contributed by atoms with Gasteiger partial charge in [0, 0.05) is 36.2 Å². The van der Waals surface area contributed by atoms with Crippen LogP contribution in [0.1, 0.15) is 28.5 Å². The highest BCUT2D eigenvalue weighted by Gasteiger charge is 2.03. The summed E-state index contributed by atoms with van der Waals surface area (Å²) in [5.41, 5.74) is 3.80. The van der Waals surface area contributed by atoms with Gasteiger partial charge in [0.25, 0.3) is 5.91 Å². The van der Waals surface area contributed by atoms with Gasteiger partial charge in [-0.15, -0.1) is 0 Å². The Morgan fingerprint density at radius 3 is 2.50 bits per heavy atom. The minimum absolute atomic E-state index is 0.0400. The molecule has 0 spiro atoms. The summed E-state index contributed by atoms with van der Waals surface area (Å²) in [5.74, 6) is -0.0400. The number of hydrogen-bond acceptors (Lipinski definition) is 3. The van der Waals surface area contributed by atoms with E-state index in [1.807, 2.05) is 50.4 Å². The smallest absolute Gasteiger partial charge is 0.251 e. The first-order valence-electron chi connectivity index (χ1n) is 6.72. The van der Waals surface area contributed by atoms with Gasteiger partial charge in [-0.1, -0.05) is 6.07 Å². The fourth-order valence-electron chi connectivity index (χ4n) is 1.81. The van der Waals surface area contributed by atoms with Crippen molar-refractivity contribution in [2.24, 2.45) is 0 Å². The van der Waals surface area contributed by atoms with Crippen molar-refractivity contribution in [3.8, 4) is 0 Å². The molecule has 0 saturated carbocycles. The number of aromatic nitrogens is 1. The molecule has 4 heteroatoms. The Morgan fingerprint density at radius 2 is 1.90 bits per heavy atom. The Hall–Kier alpha value is -2.36. The van der Waals surface area contributed by atoms with Crippen LogP contribution in [0, 0.1) is 6.92 Å². The van der Waals surface area contributed by atoms with Crippen LogP contribution >= 0.6 is 0 Å². The summed E-state index contributed by atoms with van der Waals surface area (Å²) < 4.78 is 0. The van der Waals surface area contributed by atoms with E-state index in [0.717, 1.165) is 16.9 Å². The number of carbonyl (C=O) groups excluding carboxylic acids is 1. The van der Waals surface area contributed by atoms with E-state index in [1.54, 1.807) is 0 Å². The van der Waals surface area contributed by atoms with Crippen LogP contribution in [0.25, 0.3) is 0 Å². The van der Waals surface area contributed by atoms with Crippen LogP contribution in [0.15, 0.2) is 42.6 Å². The summed E-state index contributed by atoms with van der Waals surface area (Å²) in [7, 11) is 0. The molecule has 2 N–H and O–H groups in total. The fraction of sp³-hybridized carbons (Fsp3) is 0.250. The average Bonchev–Trinajstić information content (AvgIpc) is 2.47. The Morgan fingerprint density at radius 1 is 1.15 bits per heavy atom. The lowest BCUT2D eigenvalue weighted by atomic mass is 10.2. The van der Waals surface area contributed by atoms with Gasteiger partial charge >= 0.3 is 0 Å². The van der Waals surface area contributed by atoms with E-state index in [1.165, 1.54) is 0 Å². The number of rotatable bonds is 5. The van der Waals surface area contributed by atoms with Crippen molar-refractivity contribution < 1.29 is 4.79 Å². The Kier molecular flexibility index (Phi) is 4.71. The molecule has 104 valence electrons. The highest BCUT2D eigenvalue weighted by Crippen LogP contribution is 2.11. The maximum atomic E-state index is 11.6. The maximum Gasteiger partial charge on any atom is 0.251 e. The van der Waals surface area contributed by atoms with E-state index in [4.69, 9.17) is 0 Å². The summed E-state index contributed by atoms with van der Waals surface area (Å²) in [6.45, 7) is 5.23. The Bertz CT molecular complexity index is 561. The number of anilines is 1. The van der Waals surface area contributed by atoms with Crippen LogP contribution in [0.2, 0.25) is 0 Å². The number of amides is 1. The second-order valence-electron chi connectivity index (χ2n) is 4.60. The number of nitrogens with zero attached hydrogens (tertiary/aromatic N) is 1. The maximum absolute atomic E-state index is 11.6. The van der Waals surface area contributed by atoms with Crippen molar-refractivity contribution >= 4 is 11.6 Å². The van der Waals surface area contributed by atoms with Crippen LogP contribution in [0.4, 0.5) is 5.69 Å². The molecule has 0 saturated heterocycles. The lowest BCUT2D eigenvalue weighted by Gasteiger charge is -2.08. The second kappa shape index (κ2) is 6.70. The van der Waals surface area contributed by atoms with E-state index in [0.29, 0.717) is 18.7 Å². The minimum Gasteiger partial charge on any atom is -0.381 e. The van der Waals surface area contributed by atoms with Gasteiger partial charge in [0.05, 0.1) is 0 Å². The quantitative estimate of drug-likeness (QED) is 0.877. The Labute approximate surface area is 119 Å². The summed E-state index contributed by atoms with van der Waals surface area (Å²) in [5, 5.41) is 6.08. The highest BCUT2D eigenvalue weighted by molar-refractivity contribution is 5.94. The van der Waals surface area contributed by atoms with Crippen molar-refractivity contribution in [1.29, 1.82) is 0 Å². The largest absolute Gasteiger partial charge is 0.381 e. The average molecular weight is 269 g/mol. The molecule has 2 rings (SSSR count). The van der Waals surface area contributed by atoms with Gasteiger partial charge in [0.15, 0.2) is 0 Å². The number of aryl methyl sites for hydroxylation is 1. The van der Waals surface area contributed by atoms with Crippen molar-refractivity contribution in [2.75, 3.05) is 11.9 Å². The molecule has 0 bridgehead atoms. The van der Waals surface area contributed by atoms with Crippen LogP contribution < -0.4 is 10.6 Å². The van der Waals surface area contributed by atoms with Crippen LogP contribution in [-0.4, -0.2) is 17.4 Å². The van der Waals surface area contributed by atoms with Gasteiger partial charge in [0.2, 0.25) is 0 Å². The first-order valence-corrected chi connectivity index (χ1v) is 6.72. The van der Waals surface area contributed by atoms with Crippen LogP contribution in [-0.2, 0) is 6.54 Å². The molecule has 0 radical (unpaired) electrons. The molecule has 1 aromatic heterocycles. The summed E-state index contributed by atoms with van der Waals surface area (Å²) in [6.07, 6.45) is 1.87. The Balaban J connectivity index is 1.93. The number of pyridine rings is 1. The van der Waals surface area contributed by atoms with E-state index in [2.05, 4.69) is 21.7 Å². The third-order valence-corrected chi connectivity index (χ3v) is 2.95. The topological polar surface area (TPSA) is 54.0 Å². The van der Waals surface area contributed by atoms with Crippen LogP contribution in [0.3, 0.4) is 0 Å². The summed E-state index contributed by atoms with van der Waals surface area (Å²) >= 11 is 0. The third kappa shape index (κ3) is 3.82. The van der Waals surface area contributed by atoms with E-state index in [-0.39, 0.29) is 5.91 Å². The molecule has 0 fully saturated rings. The lowest BCUT2D eigenvalue weighted by Crippen LogP contribution is -2.22. The zero-order valence-electron chi connectivity index (χ0n) is 11.8. The third-order valence-electron chi connectivity index (χ3n) is 2.95. The van der Waals surface area contributed by atoms with Crippen LogP contribution in [0.5, 0.6) is 0 Å². The molecule has 2 aromatic rings. The van der Waals surface area contributed by atoms with Gasteiger partial charge in [-0.25, -0.2) is 0 Å². The first-order chi connectivity index (χ1) is 9.69. The molecular weight excluding hydrogens is 250 g/mol. The van der Waals surface area contributed by atoms with Crippen molar-refractivity contribution in [1.82, 2.24) is 10.3 Å². The molecule has 1 amide bonds. The minimum atomic E-state index is -0.0400. The number of benzene rings is 1. The highest BCUT2D eigenvalue weighted by atomic mass is 16.1. The molecule has 20 heavy (non-hydrogen) atoms. The van der Waals surface area contributed by atoms with Crippen molar-refractivity contribution in [3.63, 3.8) is 0 Å². The molecule has 0 aliphatic carbocycles. The predicted molar refractivity (Wildman–Crippen MR) is 80.7 cm³/mol. The molecular formula is C16H19N3O. The molecule has 0 aliphatic heterocycles. The molecule has 0 atom stereocenters. The molecule has 0 unspecified atom stereocenters. The van der Waals surface area contributed by atoms with Gasteiger partial charge in [-0.2, -0.15) is 0 Å². The molecule has 1 aromatic carbocycles. The number of hydrogen-bond donors (Lipinski definition) is 2. The SMILES string of the molecule is CCNC(=O)c1ccc(NCc2ccc(C)nc2)cc1. The van der Waals surface area contributed by atoms with Crippen molar-refractivity contribution in [2.45, 2.75) is 20.4 Å². The number of carbonyl (C=O) groups is 1. The van der Waals surface area contributed by atoms with Gasteiger partial charge < -0.3 is 10.6 Å². The van der Waals surface area contributed by atoms with E-state index >= 15 is 0 Å². The summed E-state index contributed by atoms with van der Waals surface area (Å²) in [4.78, 5) is 15.9. The normalized spacial score (nSPS) is 10.1. The monoisotopic (exact) mass is 269 g/mol. The van der Waals surface area contributed by atoms with E-state index < -0.39 is 0 Å². The fourth-order valence-corrected chi connectivity index (χ4v) is 1.81. The predicted octanol–water partition coefficient (Wildman–Crippen LogP) is 2.75. The first kappa shape index (κ1) is 14.1. The van der Waals surface area contributed by atoms with E-state index in [9.17, 15) is 4.79 Å². The number of nitrogens with one attached hydrogen (secondary N) is 2. The molecule has 1 heterocycles. The van der Waals surface area contributed by atoms with Gasteiger partial charge in [-0.05, 0) is 49.7 Å². The van der Waals surface area contributed by atoms with Crippen molar-refractivity contribution in [3.05, 3.63) is 59.4 Å². The van der Waals surface area contributed by atoms with Gasteiger partial charge in [0.1, 0.15) is 0 Å².